The second-order valence-corrected chi connectivity index (χ2v) is 6.12. The molecule has 0 saturated heterocycles. The van der Waals surface area contributed by atoms with Gasteiger partial charge in [0.25, 0.3) is 0 Å². The number of carbonyl (C=O) groups is 2. The molecule has 0 radical (unpaired) electrons. The molecule has 0 spiro atoms. The van der Waals surface area contributed by atoms with E-state index >= 15 is 0 Å². The van der Waals surface area contributed by atoms with Gasteiger partial charge in [0.15, 0.2) is 0 Å². The van der Waals surface area contributed by atoms with Crippen molar-refractivity contribution in [1.82, 2.24) is 5.32 Å². The van der Waals surface area contributed by atoms with Crippen molar-refractivity contribution in [2.45, 2.75) is 6.54 Å². The van der Waals surface area contributed by atoms with Gasteiger partial charge in [-0.1, -0.05) is 53.5 Å². The Bertz CT molecular complexity index is 730. The molecule has 0 amide bonds. The van der Waals surface area contributed by atoms with Crippen LogP contribution in [0.4, 0.5) is 0 Å². The lowest BCUT2D eigenvalue weighted by atomic mass is 10.2. The van der Waals surface area contributed by atoms with Crippen molar-refractivity contribution in [1.29, 1.82) is 0 Å². The van der Waals surface area contributed by atoms with E-state index in [0.29, 0.717) is 35.6 Å². The van der Waals surface area contributed by atoms with Crippen LogP contribution in [0.2, 0.25) is 10.0 Å². The maximum atomic E-state index is 9.10. The van der Waals surface area contributed by atoms with Crippen molar-refractivity contribution in [3.8, 4) is 5.75 Å². The minimum absolute atomic E-state index is 0.483. The van der Waals surface area contributed by atoms with Crippen LogP contribution < -0.4 is 10.1 Å². The molecule has 3 N–H and O–H groups in total. The highest BCUT2D eigenvalue weighted by molar-refractivity contribution is 6.42. The second-order valence-electron chi connectivity index (χ2n) is 5.31. The van der Waals surface area contributed by atoms with Crippen molar-refractivity contribution in [2.24, 2.45) is 0 Å². The molecule has 0 saturated carbocycles. The largest absolute Gasteiger partial charge is 0.491 e. The molecule has 0 unspecified atom stereocenters. The predicted octanol–water partition coefficient (Wildman–Crippen LogP) is 3.33. The first kappa shape index (κ1) is 23.7. The van der Waals surface area contributed by atoms with E-state index in [1.54, 1.807) is 18.2 Å². The molecule has 7 nitrogen and oxygen atoms in total. The van der Waals surface area contributed by atoms with Gasteiger partial charge in [0.1, 0.15) is 12.4 Å². The summed E-state index contributed by atoms with van der Waals surface area (Å²) < 4.78 is 11.0. The second kappa shape index (κ2) is 13.8. The fourth-order valence-corrected chi connectivity index (χ4v) is 2.15. The van der Waals surface area contributed by atoms with E-state index in [2.05, 4.69) is 17.4 Å². The lowest BCUT2D eigenvalue weighted by Crippen LogP contribution is -2.20. The van der Waals surface area contributed by atoms with Crippen LogP contribution in [0.3, 0.4) is 0 Å². The summed E-state index contributed by atoms with van der Waals surface area (Å²) in [6, 6.07) is 15.5. The van der Waals surface area contributed by atoms with E-state index < -0.39 is 11.9 Å². The molecule has 2 rings (SSSR count). The molecule has 0 aromatic heterocycles. The number of carboxylic acid groups (broad SMARTS) is 2. The summed E-state index contributed by atoms with van der Waals surface area (Å²) in [5.41, 5.74) is 1.27. The molecule has 152 valence electrons. The smallest absolute Gasteiger partial charge is 0.414 e. The van der Waals surface area contributed by atoms with Crippen molar-refractivity contribution < 1.29 is 29.3 Å². The Kier molecular flexibility index (Phi) is 11.7. The minimum atomic E-state index is -1.82. The zero-order valence-electron chi connectivity index (χ0n) is 14.9. The molecule has 2 aromatic carbocycles. The van der Waals surface area contributed by atoms with E-state index in [9.17, 15) is 0 Å². The Hall–Kier alpha value is -2.32. The van der Waals surface area contributed by atoms with E-state index in [-0.39, 0.29) is 0 Å². The zero-order valence-corrected chi connectivity index (χ0v) is 16.4. The summed E-state index contributed by atoms with van der Waals surface area (Å²) in [6.07, 6.45) is 0. The van der Waals surface area contributed by atoms with Gasteiger partial charge >= 0.3 is 11.9 Å². The molecule has 9 heteroatoms. The quantitative estimate of drug-likeness (QED) is 0.414. The summed E-state index contributed by atoms with van der Waals surface area (Å²) in [5.74, 6) is -2.95. The summed E-state index contributed by atoms with van der Waals surface area (Å²) in [5, 5.41) is 19.1. The SMILES string of the molecule is Clc1ccc(OCCOCCNCc2ccccc2)cc1Cl.O=C(O)C(=O)O. The van der Waals surface area contributed by atoms with Gasteiger partial charge in [-0.3, -0.25) is 0 Å². The monoisotopic (exact) mass is 429 g/mol. The number of benzene rings is 2. The summed E-state index contributed by atoms with van der Waals surface area (Å²) >= 11 is 11.7. The zero-order chi connectivity index (χ0) is 20.8. The molecule has 0 atom stereocenters. The van der Waals surface area contributed by atoms with Crippen LogP contribution in [0, 0.1) is 0 Å². The maximum Gasteiger partial charge on any atom is 0.414 e. The van der Waals surface area contributed by atoms with E-state index in [1.165, 1.54) is 5.56 Å². The fourth-order valence-electron chi connectivity index (χ4n) is 1.86. The van der Waals surface area contributed by atoms with Crippen LogP contribution in [0.15, 0.2) is 48.5 Å². The molecule has 0 fully saturated rings. The third-order valence-electron chi connectivity index (χ3n) is 3.17. The number of ether oxygens (including phenoxy) is 2. The highest BCUT2D eigenvalue weighted by Crippen LogP contribution is 2.26. The molecule has 0 bridgehead atoms. The predicted molar refractivity (Wildman–Crippen MR) is 106 cm³/mol. The van der Waals surface area contributed by atoms with Gasteiger partial charge in [0, 0.05) is 19.2 Å². The first-order valence-corrected chi connectivity index (χ1v) is 9.02. The van der Waals surface area contributed by atoms with Gasteiger partial charge in [0.2, 0.25) is 0 Å². The average molecular weight is 430 g/mol. The van der Waals surface area contributed by atoms with Gasteiger partial charge in [-0.15, -0.1) is 0 Å². The molecule has 28 heavy (non-hydrogen) atoms. The number of carboxylic acids is 2. The topological polar surface area (TPSA) is 105 Å². The fraction of sp³-hybridized carbons (Fsp3) is 0.263. The van der Waals surface area contributed by atoms with Gasteiger partial charge in [-0.25, -0.2) is 9.59 Å². The number of nitrogens with one attached hydrogen (secondary N) is 1. The highest BCUT2D eigenvalue weighted by Gasteiger charge is 2.04. The Morgan fingerprint density at radius 2 is 1.57 bits per heavy atom. The highest BCUT2D eigenvalue weighted by atomic mass is 35.5. The summed E-state index contributed by atoms with van der Waals surface area (Å²) in [7, 11) is 0. The van der Waals surface area contributed by atoms with Crippen molar-refractivity contribution in [3.05, 3.63) is 64.1 Å². The third kappa shape index (κ3) is 10.7. The van der Waals surface area contributed by atoms with Gasteiger partial charge in [-0.05, 0) is 17.7 Å². The first-order chi connectivity index (χ1) is 13.4. The van der Waals surface area contributed by atoms with Gasteiger partial charge in [0.05, 0.1) is 23.3 Å². The molecular weight excluding hydrogens is 409 g/mol. The lowest BCUT2D eigenvalue weighted by Gasteiger charge is -2.08. The number of aliphatic carboxylic acids is 2. The Balaban J connectivity index is 0.000000568. The van der Waals surface area contributed by atoms with Crippen LogP contribution in [0.1, 0.15) is 5.56 Å². The third-order valence-corrected chi connectivity index (χ3v) is 3.90. The standard InChI is InChI=1S/C17H19Cl2NO2.C2H2O4/c18-16-7-6-15(12-17(16)19)22-11-10-21-9-8-20-13-14-4-2-1-3-5-14;3-1(4)2(5)6/h1-7,12,20H,8-11,13H2;(H,3,4)(H,5,6). The number of hydrogen-bond acceptors (Lipinski definition) is 5. The van der Waals surface area contributed by atoms with E-state index in [0.717, 1.165) is 13.1 Å². The molecule has 0 aliphatic rings. The van der Waals surface area contributed by atoms with Crippen LogP contribution >= 0.6 is 23.2 Å². The van der Waals surface area contributed by atoms with Crippen LogP contribution in [-0.4, -0.2) is 48.5 Å². The lowest BCUT2D eigenvalue weighted by molar-refractivity contribution is -0.159. The number of hydrogen-bond donors (Lipinski definition) is 3. The Labute approximate surface area is 172 Å². The Morgan fingerprint density at radius 3 is 2.18 bits per heavy atom. The average Bonchev–Trinajstić information content (AvgIpc) is 2.68. The van der Waals surface area contributed by atoms with Crippen LogP contribution in [-0.2, 0) is 20.9 Å². The van der Waals surface area contributed by atoms with Gasteiger partial charge in [-0.2, -0.15) is 0 Å². The summed E-state index contributed by atoms with van der Waals surface area (Å²) in [6.45, 7) is 3.33. The van der Waals surface area contributed by atoms with E-state index in [1.807, 2.05) is 18.2 Å². The Morgan fingerprint density at radius 1 is 0.893 bits per heavy atom. The minimum Gasteiger partial charge on any atom is -0.491 e. The molecule has 2 aromatic rings. The van der Waals surface area contributed by atoms with Crippen molar-refractivity contribution in [2.75, 3.05) is 26.4 Å². The molecular formula is C19H21Cl2NO6. The molecule has 0 heterocycles. The number of halogens is 2. The van der Waals surface area contributed by atoms with Gasteiger partial charge < -0.3 is 25.0 Å². The first-order valence-electron chi connectivity index (χ1n) is 8.26. The van der Waals surface area contributed by atoms with E-state index in [4.69, 9.17) is 52.5 Å². The number of rotatable bonds is 9. The summed E-state index contributed by atoms with van der Waals surface area (Å²) in [4.78, 5) is 18.2. The normalized spacial score (nSPS) is 9.93. The van der Waals surface area contributed by atoms with Crippen molar-refractivity contribution in [3.63, 3.8) is 0 Å². The van der Waals surface area contributed by atoms with Crippen LogP contribution in [0.25, 0.3) is 0 Å². The van der Waals surface area contributed by atoms with Crippen LogP contribution in [0.5, 0.6) is 5.75 Å². The molecule has 0 aliphatic carbocycles. The maximum absolute atomic E-state index is 9.10. The van der Waals surface area contributed by atoms with Crippen molar-refractivity contribution >= 4 is 35.1 Å². The molecule has 0 aliphatic heterocycles.